The fraction of sp³-hybridized carbons (Fsp3) is 0. The van der Waals surface area contributed by atoms with Crippen molar-refractivity contribution in [2.45, 2.75) is 0 Å². The van der Waals surface area contributed by atoms with Crippen LogP contribution in [-0.4, -0.2) is 4.57 Å². The second kappa shape index (κ2) is 14.8. The highest BCUT2D eigenvalue weighted by Gasteiger charge is 2.21. The third kappa shape index (κ3) is 6.29. The molecule has 0 aliphatic rings. The molecule has 0 bridgehead atoms. The van der Waals surface area contributed by atoms with Gasteiger partial charge in [-0.1, -0.05) is 176 Å². The predicted octanol–water partition coefficient (Wildman–Crippen LogP) is 16.1. The molecule has 3 heteroatoms. The Morgan fingerprint density at radius 3 is 1.46 bits per heavy atom. The summed E-state index contributed by atoms with van der Waals surface area (Å²) in [6, 6.07) is 83.3. The number of aromatic nitrogens is 1. The van der Waals surface area contributed by atoms with Crippen molar-refractivity contribution in [2.24, 2.45) is 0 Å². The first-order chi connectivity index (χ1) is 29.3. The molecular weight excluding hydrogens is 733 g/mol. The number of thiophene rings is 1. The quantitative estimate of drug-likeness (QED) is 0.149. The van der Waals surface area contributed by atoms with Crippen molar-refractivity contribution in [3.05, 3.63) is 231 Å². The third-order valence-corrected chi connectivity index (χ3v) is 12.7. The van der Waals surface area contributed by atoms with Gasteiger partial charge in [0, 0.05) is 38.2 Å². The highest BCUT2D eigenvalue weighted by atomic mass is 32.1. The van der Waals surface area contributed by atoms with Crippen LogP contribution in [-0.2, 0) is 0 Å². The molecule has 0 saturated heterocycles. The van der Waals surface area contributed by atoms with Gasteiger partial charge in [0.15, 0.2) is 0 Å². The van der Waals surface area contributed by atoms with Crippen molar-refractivity contribution in [1.82, 2.24) is 4.57 Å². The number of fused-ring (bicyclic) bond motifs is 5. The smallest absolute Gasteiger partial charge is 0.0727 e. The highest BCUT2D eigenvalue weighted by molar-refractivity contribution is 7.27. The van der Waals surface area contributed by atoms with E-state index in [1.54, 1.807) is 0 Å². The van der Waals surface area contributed by atoms with Crippen LogP contribution < -0.4 is 4.90 Å². The molecule has 0 amide bonds. The summed E-state index contributed by atoms with van der Waals surface area (Å²) in [5.74, 6) is 0. The van der Waals surface area contributed by atoms with Gasteiger partial charge in [-0.25, -0.2) is 0 Å². The van der Waals surface area contributed by atoms with Gasteiger partial charge in [-0.2, -0.15) is 0 Å². The number of hydrogen-bond donors (Lipinski definition) is 0. The molecule has 0 spiro atoms. The largest absolute Gasteiger partial charge is 0.310 e. The van der Waals surface area contributed by atoms with Crippen LogP contribution in [0.4, 0.5) is 17.1 Å². The Morgan fingerprint density at radius 2 is 0.797 bits per heavy atom. The molecule has 2 aromatic heterocycles. The molecule has 11 rings (SSSR count). The van der Waals surface area contributed by atoms with E-state index < -0.39 is 0 Å². The number of anilines is 3. The number of rotatable bonds is 8. The molecule has 11 aromatic rings. The summed E-state index contributed by atoms with van der Waals surface area (Å²) in [5.41, 5.74) is 16.6. The molecule has 9 aromatic carbocycles. The van der Waals surface area contributed by atoms with E-state index in [2.05, 4.69) is 240 Å². The Hall–Kier alpha value is -7.46. The van der Waals surface area contributed by atoms with Gasteiger partial charge < -0.3 is 9.47 Å². The van der Waals surface area contributed by atoms with E-state index in [0.29, 0.717) is 0 Å². The molecular formula is C56H38N2S. The Labute approximate surface area is 348 Å². The van der Waals surface area contributed by atoms with Crippen LogP contribution in [0.1, 0.15) is 0 Å². The normalized spacial score (nSPS) is 11.4. The van der Waals surface area contributed by atoms with Crippen LogP contribution in [0.15, 0.2) is 231 Å². The fourth-order valence-corrected chi connectivity index (χ4v) is 9.92. The van der Waals surface area contributed by atoms with Gasteiger partial charge in [-0.15, -0.1) is 11.3 Å². The molecule has 0 aliphatic carbocycles. The Balaban J connectivity index is 1.03. The monoisotopic (exact) mass is 770 g/mol. The van der Waals surface area contributed by atoms with Crippen LogP contribution in [0.3, 0.4) is 0 Å². The van der Waals surface area contributed by atoms with Gasteiger partial charge in [0.05, 0.1) is 15.7 Å². The van der Waals surface area contributed by atoms with Crippen LogP contribution >= 0.6 is 11.3 Å². The van der Waals surface area contributed by atoms with E-state index in [1.165, 1.54) is 81.4 Å². The first kappa shape index (κ1) is 34.8. The third-order valence-electron chi connectivity index (χ3n) is 11.4. The average molecular weight is 771 g/mol. The van der Waals surface area contributed by atoms with Crippen molar-refractivity contribution >= 4 is 59.6 Å². The number of nitrogens with zero attached hydrogens (tertiary/aromatic N) is 2. The van der Waals surface area contributed by atoms with E-state index in [9.17, 15) is 0 Å². The van der Waals surface area contributed by atoms with Crippen molar-refractivity contribution in [3.63, 3.8) is 0 Å². The van der Waals surface area contributed by atoms with Crippen LogP contribution in [0, 0.1) is 0 Å². The molecule has 0 fully saturated rings. The minimum Gasteiger partial charge on any atom is -0.310 e. The molecule has 2 heterocycles. The lowest BCUT2D eigenvalue weighted by molar-refractivity contribution is 1.19. The zero-order chi connectivity index (χ0) is 39.1. The summed E-state index contributed by atoms with van der Waals surface area (Å²) in [6.45, 7) is 0. The van der Waals surface area contributed by atoms with Gasteiger partial charge in [0.1, 0.15) is 0 Å². The lowest BCUT2D eigenvalue weighted by atomic mass is 9.99. The maximum absolute atomic E-state index is 2.44. The summed E-state index contributed by atoms with van der Waals surface area (Å²) in [6.07, 6.45) is 0. The second-order valence-electron chi connectivity index (χ2n) is 14.9. The van der Waals surface area contributed by atoms with Crippen LogP contribution in [0.2, 0.25) is 0 Å². The molecule has 0 radical (unpaired) electrons. The van der Waals surface area contributed by atoms with Crippen molar-refractivity contribution in [3.8, 4) is 50.2 Å². The minimum atomic E-state index is 1.10. The number of hydrogen-bond acceptors (Lipinski definition) is 2. The molecule has 0 saturated carbocycles. The molecule has 59 heavy (non-hydrogen) atoms. The van der Waals surface area contributed by atoms with Crippen molar-refractivity contribution < 1.29 is 0 Å². The highest BCUT2D eigenvalue weighted by Crippen LogP contribution is 2.46. The van der Waals surface area contributed by atoms with Crippen molar-refractivity contribution in [1.29, 1.82) is 0 Å². The maximum atomic E-state index is 2.44. The van der Waals surface area contributed by atoms with E-state index >= 15 is 0 Å². The number of para-hydroxylation sites is 2. The van der Waals surface area contributed by atoms with Gasteiger partial charge in [-0.05, 0) is 99.1 Å². The molecule has 0 aliphatic heterocycles. The molecule has 278 valence electrons. The Bertz CT molecular complexity index is 3240. The van der Waals surface area contributed by atoms with Crippen LogP contribution in [0.5, 0.6) is 0 Å². The Morgan fingerprint density at radius 1 is 0.322 bits per heavy atom. The van der Waals surface area contributed by atoms with E-state index in [-0.39, 0.29) is 0 Å². The predicted molar refractivity (Wildman–Crippen MR) is 253 cm³/mol. The zero-order valence-corrected chi connectivity index (χ0v) is 33.1. The average Bonchev–Trinajstić information content (AvgIpc) is 3.86. The zero-order valence-electron chi connectivity index (χ0n) is 32.2. The lowest BCUT2D eigenvalue weighted by Crippen LogP contribution is -2.10. The van der Waals surface area contributed by atoms with Gasteiger partial charge >= 0.3 is 0 Å². The fourth-order valence-electron chi connectivity index (χ4n) is 8.57. The summed E-state index contributed by atoms with van der Waals surface area (Å²) in [7, 11) is 0. The standard InChI is InChI=1S/C56H38N2S/c1-4-15-39(16-5-1)41-29-31-42(32-30-41)43-33-35-47(36-34-43)57(48-23-12-19-44(37-48)40-17-6-2-7-18-40)49-24-13-20-45(38-49)50-26-14-27-52-54-56(59-55(50)52)51-25-10-11-28-53(51)58(54)46-21-8-3-9-22-46/h1-38H. The van der Waals surface area contributed by atoms with E-state index in [0.717, 1.165) is 17.1 Å². The molecule has 0 atom stereocenters. The van der Waals surface area contributed by atoms with E-state index in [1.807, 2.05) is 11.3 Å². The summed E-state index contributed by atoms with van der Waals surface area (Å²) < 4.78 is 5.05. The summed E-state index contributed by atoms with van der Waals surface area (Å²) >= 11 is 1.90. The maximum Gasteiger partial charge on any atom is 0.0727 e. The molecule has 0 unspecified atom stereocenters. The van der Waals surface area contributed by atoms with Gasteiger partial charge in [-0.3, -0.25) is 0 Å². The van der Waals surface area contributed by atoms with E-state index in [4.69, 9.17) is 0 Å². The number of benzene rings is 9. The van der Waals surface area contributed by atoms with Gasteiger partial charge in [0.25, 0.3) is 0 Å². The minimum absolute atomic E-state index is 1.10. The first-order valence-corrected chi connectivity index (χ1v) is 20.9. The van der Waals surface area contributed by atoms with Crippen LogP contribution in [0.25, 0.3) is 81.4 Å². The summed E-state index contributed by atoms with van der Waals surface area (Å²) in [4.78, 5) is 2.39. The van der Waals surface area contributed by atoms with Gasteiger partial charge in [0.2, 0.25) is 0 Å². The lowest BCUT2D eigenvalue weighted by Gasteiger charge is -2.27. The second-order valence-corrected chi connectivity index (χ2v) is 16.0. The SMILES string of the molecule is c1ccc(-c2ccc(-c3ccc(N(c4cccc(-c5ccccc5)c4)c4cccc(-c5cccc6c5sc5c7ccccc7n(-c7ccccc7)c65)c4)cc3)cc2)cc1. The molecule has 0 N–H and O–H groups in total. The Kier molecular flexibility index (Phi) is 8.72. The summed E-state index contributed by atoms with van der Waals surface area (Å²) in [5, 5.41) is 2.56. The molecule has 2 nitrogen and oxygen atoms in total. The topological polar surface area (TPSA) is 8.17 Å². The first-order valence-electron chi connectivity index (χ1n) is 20.1. The van der Waals surface area contributed by atoms with Crippen molar-refractivity contribution in [2.75, 3.05) is 4.90 Å².